The zero-order valence-corrected chi connectivity index (χ0v) is 15.5. The van der Waals surface area contributed by atoms with Crippen LogP contribution in [0.15, 0.2) is 59.3 Å². The predicted octanol–water partition coefficient (Wildman–Crippen LogP) is 3.82. The fourth-order valence-corrected chi connectivity index (χ4v) is 3.13. The molecule has 1 aromatic heterocycles. The van der Waals surface area contributed by atoms with Gasteiger partial charge in [0.15, 0.2) is 0 Å². The van der Waals surface area contributed by atoms with Crippen molar-refractivity contribution >= 4 is 34.6 Å². The summed E-state index contributed by atoms with van der Waals surface area (Å²) >= 11 is 1.61. The maximum Gasteiger partial charge on any atom is 0.321 e. The molecule has 4 N–H and O–H groups in total. The van der Waals surface area contributed by atoms with E-state index in [9.17, 15) is 9.59 Å². The van der Waals surface area contributed by atoms with Crippen molar-refractivity contribution < 1.29 is 14.4 Å². The number of thiophene rings is 1. The summed E-state index contributed by atoms with van der Waals surface area (Å²) in [6.07, 6.45) is 0. The number of hydroxylamine groups is 1. The molecule has 0 atom stereocenters. The zero-order valence-electron chi connectivity index (χ0n) is 14.7. The van der Waals surface area contributed by atoms with Gasteiger partial charge in [-0.3, -0.25) is 9.59 Å². The largest absolute Gasteiger partial charge is 0.397 e. The summed E-state index contributed by atoms with van der Waals surface area (Å²) in [5.74, 6) is -0.656. The van der Waals surface area contributed by atoms with Crippen molar-refractivity contribution in [2.75, 3.05) is 11.1 Å². The molecule has 138 valence electrons. The van der Waals surface area contributed by atoms with Gasteiger partial charge < -0.3 is 15.9 Å². The summed E-state index contributed by atoms with van der Waals surface area (Å²) < 4.78 is 0. The molecular weight excluding hydrogens is 362 g/mol. The van der Waals surface area contributed by atoms with Crippen LogP contribution in [0, 0.1) is 0 Å². The Bertz CT molecular complexity index is 938. The molecule has 0 saturated carbocycles. The highest BCUT2D eigenvalue weighted by atomic mass is 32.1. The Morgan fingerprint density at radius 1 is 1.07 bits per heavy atom. The lowest BCUT2D eigenvalue weighted by Gasteiger charge is -2.11. The fourth-order valence-electron chi connectivity index (χ4n) is 2.46. The molecule has 0 saturated heterocycles. The maximum atomic E-state index is 12.5. The van der Waals surface area contributed by atoms with Crippen molar-refractivity contribution in [2.24, 2.45) is 0 Å². The summed E-state index contributed by atoms with van der Waals surface area (Å²) in [6, 6.07) is 14.6. The number of nitrogens with one attached hydrogen (secondary N) is 2. The molecule has 0 bridgehead atoms. The second-order valence-corrected chi connectivity index (χ2v) is 6.66. The van der Waals surface area contributed by atoms with Crippen LogP contribution in [-0.2, 0) is 16.2 Å². The Morgan fingerprint density at radius 2 is 1.85 bits per heavy atom. The first kappa shape index (κ1) is 18.6. The Hall–Kier alpha value is -3.16. The van der Waals surface area contributed by atoms with E-state index in [1.54, 1.807) is 41.7 Å². The van der Waals surface area contributed by atoms with Crippen LogP contribution >= 0.6 is 11.3 Å². The molecule has 3 aromatic rings. The van der Waals surface area contributed by atoms with Crippen LogP contribution in [0.3, 0.4) is 0 Å². The standard InChI is InChI=1S/C20H19N3O3S/c1-13(24)26-22-11-14-2-4-15(5-3-14)20(25)23-19-10-16(6-7-18(19)21)17-8-9-27-12-17/h2-10,12,22H,11,21H2,1H3,(H,23,25). The average molecular weight is 381 g/mol. The van der Waals surface area contributed by atoms with E-state index in [1.807, 2.05) is 29.0 Å². The minimum Gasteiger partial charge on any atom is -0.397 e. The highest BCUT2D eigenvalue weighted by molar-refractivity contribution is 7.08. The van der Waals surface area contributed by atoms with E-state index in [0.717, 1.165) is 16.7 Å². The number of benzene rings is 2. The smallest absolute Gasteiger partial charge is 0.321 e. The van der Waals surface area contributed by atoms with Crippen LogP contribution in [-0.4, -0.2) is 11.9 Å². The first-order chi connectivity index (χ1) is 13.0. The fraction of sp³-hybridized carbons (Fsp3) is 0.100. The lowest BCUT2D eigenvalue weighted by atomic mass is 10.1. The number of nitrogen functional groups attached to an aromatic ring is 1. The number of anilines is 2. The minimum atomic E-state index is -0.409. The van der Waals surface area contributed by atoms with Gasteiger partial charge in [0.1, 0.15) is 0 Å². The van der Waals surface area contributed by atoms with Crippen molar-refractivity contribution in [2.45, 2.75) is 13.5 Å². The summed E-state index contributed by atoms with van der Waals surface area (Å²) in [7, 11) is 0. The van der Waals surface area contributed by atoms with Crippen LogP contribution in [0.4, 0.5) is 11.4 Å². The normalized spacial score (nSPS) is 10.4. The Kier molecular flexibility index (Phi) is 5.85. The molecule has 0 fully saturated rings. The van der Waals surface area contributed by atoms with E-state index in [-0.39, 0.29) is 5.91 Å². The van der Waals surface area contributed by atoms with Gasteiger partial charge in [0.2, 0.25) is 0 Å². The Labute approximate surface area is 160 Å². The molecule has 27 heavy (non-hydrogen) atoms. The molecule has 2 aromatic carbocycles. The van der Waals surface area contributed by atoms with Crippen LogP contribution in [0.2, 0.25) is 0 Å². The molecule has 0 aliphatic heterocycles. The van der Waals surface area contributed by atoms with Gasteiger partial charge in [-0.2, -0.15) is 11.3 Å². The van der Waals surface area contributed by atoms with Crippen molar-refractivity contribution in [1.29, 1.82) is 0 Å². The van der Waals surface area contributed by atoms with E-state index in [1.165, 1.54) is 6.92 Å². The van der Waals surface area contributed by atoms with E-state index < -0.39 is 5.97 Å². The van der Waals surface area contributed by atoms with Gasteiger partial charge in [-0.15, -0.1) is 5.48 Å². The number of carbonyl (C=O) groups is 2. The van der Waals surface area contributed by atoms with Crippen LogP contribution < -0.4 is 16.5 Å². The van der Waals surface area contributed by atoms with Crippen molar-refractivity contribution in [3.05, 3.63) is 70.4 Å². The third-order valence-corrected chi connectivity index (χ3v) is 4.55. The number of amides is 1. The van der Waals surface area contributed by atoms with Gasteiger partial charge in [-0.1, -0.05) is 18.2 Å². The highest BCUT2D eigenvalue weighted by Gasteiger charge is 2.10. The number of nitrogens with two attached hydrogens (primary N) is 1. The molecule has 6 nitrogen and oxygen atoms in total. The average Bonchev–Trinajstić information content (AvgIpc) is 3.18. The molecule has 0 spiro atoms. The molecule has 3 rings (SSSR count). The second-order valence-electron chi connectivity index (χ2n) is 5.88. The topological polar surface area (TPSA) is 93.4 Å². The van der Waals surface area contributed by atoms with E-state index in [2.05, 4.69) is 15.6 Å². The first-order valence-corrected chi connectivity index (χ1v) is 9.20. The highest BCUT2D eigenvalue weighted by Crippen LogP contribution is 2.29. The second kappa shape index (κ2) is 8.48. The monoisotopic (exact) mass is 381 g/mol. The molecule has 0 aliphatic carbocycles. The molecule has 0 aliphatic rings. The zero-order chi connectivity index (χ0) is 19.2. The number of hydrogen-bond donors (Lipinski definition) is 3. The van der Waals surface area contributed by atoms with Gasteiger partial charge in [0.25, 0.3) is 5.91 Å². The van der Waals surface area contributed by atoms with Gasteiger partial charge in [0, 0.05) is 12.5 Å². The van der Waals surface area contributed by atoms with Crippen LogP contribution in [0.5, 0.6) is 0 Å². The SMILES string of the molecule is CC(=O)ONCc1ccc(C(=O)Nc2cc(-c3ccsc3)ccc2N)cc1. The first-order valence-electron chi connectivity index (χ1n) is 8.25. The van der Waals surface area contributed by atoms with Gasteiger partial charge >= 0.3 is 5.97 Å². The third kappa shape index (κ3) is 4.93. The van der Waals surface area contributed by atoms with Gasteiger partial charge in [0.05, 0.1) is 17.9 Å². The Morgan fingerprint density at radius 3 is 2.52 bits per heavy atom. The molecule has 0 unspecified atom stereocenters. The summed E-state index contributed by atoms with van der Waals surface area (Å²) in [6.45, 7) is 1.68. The van der Waals surface area contributed by atoms with Crippen molar-refractivity contribution in [3.8, 4) is 11.1 Å². The van der Waals surface area contributed by atoms with Crippen LogP contribution in [0.25, 0.3) is 11.1 Å². The van der Waals surface area contributed by atoms with Crippen molar-refractivity contribution in [1.82, 2.24) is 5.48 Å². The quantitative estimate of drug-likeness (QED) is 0.446. The summed E-state index contributed by atoms with van der Waals surface area (Å²) in [5.41, 5.74) is 13.1. The lowest BCUT2D eigenvalue weighted by Crippen LogP contribution is -2.17. The molecule has 7 heteroatoms. The third-order valence-electron chi connectivity index (χ3n) is 3.86. The molecular formula is C20H19N3O3S. The van der Waals surface area contributed by atoms with E-state index in [0.29, 0.717) is 23.5 Å². The number of rotatable bonds is 6. The Balaban J connectivity index is 1.68. The van der Waals surface area contributed by atoms with Crippen molar-refractivity contribution in [3.63, 3.8) is 0 Å². The molecule has 1 amide bonds. The number of carbonyl (C=O) groups excluding carboxylic acids is 2. The van der Waals surface area contributed by atoms with E-state index in [4.69, 9.17) is 5.73 Å². The summed E-state index contributed by atoms with van der Waals surface area (Å²) in [5, 5.41) is 6.90. The predicted molar refractivity (Wildman–Crippen MR) is 107 cm³/mol. The lowest BCUT2D eigenvalue weighted by molar-refractivity contribution is -0.148. The number of hydrogen-bond acceptors (Lipinski definition) is 6. The summed E-state index contributed by atoms with van der Waals surface area (Å²) in [4.78, 5) is 27.9. The van der Waals surface area contributed by atoms with E-state index >= 15 is 0 Å². The van der Waals surface area contributed by atoms with Crippen LogP contribution in [0.1, 0.15) is 22.8 Å². The molecule has 0 radical (unpaired) electrons. The van der Waals surface area contributed by atoms with Gasteiger partial charge in [-0.05, 0) is 57.8 Å². The minimum absolute atomic E-state index is 0.247. The van der Waals surface area contributed by atoms with Gasteiger partial charge in [-0.25, -0.2) is 0 Å². The molecule has 1 heterocycles. The maximum absolute atomic E-state index is 12.5.